The number of para-hydroxylation sites is 1. The minimum Gasteiger partial charge on any atom is -0.353 e. The van der Waals surface area contributed by atoms with Crippen molar-refractivity contribution in [1.29, 1.82) is 0 Å². The first-order valence-corrected chi connectivity index (χ1v) is 8.57. The zero-order valence-electron chi connectivity index (χ0n) is 14.1. The van der Waals surface area contributed by atoms with E-state index in [0.29, 0.717) is 17.4 Å². The van der Waals surface area contributed by atoms with Gasteiger partial charge in [0.2, 0.25) is 5.91 Å². The van der Waals surface area contributed by atoms with Crippen LogP contribution in [0.1, 0.15) is 19.8 Å². The number of hydrogen-bond donors (Lipinski definition) is 1. The first kappa shape index (κ1) is 16.6. The van der Waals surface area contributed by atoms with Crippen molar-refractivity contribution in [2.45, 2.75) is 26.3 Å². The Kier molecular flexibility index (Phi) is 5.25. The van der Waals surface area contributed by atoms with Gasteiger partial charge in [-0.15, -0.1) is 0 Å². The molecule has 2 heterocycles. The minimum absolute atomic E-state index is 0.00701. The van der Waals surface area contributed by atoms with Crippen LogP contribution < -0.4 is 10.9 Å². The van der Waals surface area contributed by atoms with Crippen LogP contribution in [-0.2, 0) is 11.3 Å². The van der Waals surface area contributed by atoms with Crippen LogP contribution in [0.15, 0.2) is 35.4 Å². The summed E-state index contributed by atoms with van der Waals surface area (Å²) in [6, 6.07) is 7.17. The summed E-state index contributed by atoms with van der Waals surface area (Å²) < 4.78 is 1.36. The van der Waals surface area contributed by atoms with Crippen molar-refractivity contribution in [2.75, 3.05) is 26.2 Å². The van der Waals surface area contributed by atoms with Gasteiger partial charge in [-0.3, -0.25) is 14.2 Å². The maximum absolute atomic E-state index is 12.4. The van der Waals surface area contributed by atoms with Crippen molar-refractivity contribution in [3.05, 3.63) is 40.9 Å². The maximum atomic E-state index is 12.4. The average Bonchev–Trinajstić information content (AvgIpc) is 2.58. The maximum Gasteiger partial charge on any atom is 0.261 e. The van der Waals surface area contributed by atoms with E-state index in [-0.39, 0.29) is 18.0 Å². The lowest BCUT2D eigenvalue weighted by Gasteiger charge is -2.30. The van der Waals surface area contributed by atoms with E-state index in [2.05, 4.69) is 22.1 Å². The highest BCUT2D eigenvalue weighted by Gasteiger charge is 2.16. The summed E-state index contributed by atoms with van der Waals surface area (Å²) in [4.78, 5) is 31.1. The number of nitrogens with one attached hydrogen (secondary N) is 1. The summed E-state index contributed by atoms with van der Waals surface area (Å²) in [6.07, 6.45) is 3.96. The summed E-state index contributed by atoms with van der Waals surface area (Å²) in [5.74, 6) is 0.580. The number of benzene rings is 1. The quantitative estimate of drug-likeness (QED) is 0.897. The van der Waals surface area contributed by atoms with Gasteiger partial charge in [-0.05, 0) is 37.4 Å². The Labute approximate surface area is 141 Å². The molecule has 128 valence electrons. The van der Waals surface area contributed by atoms with E-state index >= 15 is 0 Å². The molecular weight excluding hydrogens is 304 g/mol. The van der Waals surface area contributed by atoms with Gasteiger partial charge in [0.05, 0.1) is 17.2 Å². The van der Waals surface area contributed by atoms with E-state index in [1.807, 2.05) is 6.07 Å². The van der Waals surface area contributed by atoms with Gasteiger partial charge in [-0.25, -0.2) is 4.98 Å². The molecule has 1 N–H and O–H groups in total. The molecule has 1 saturated heterocycles. The van der Waals surface area contributed by atoms with E-state index in [0.717, 1.165) is 25.6 Å². The Morgan fingerprint density at radius 3 is 3.04 bits per heavy atom. The van der Waals surface area contributed by atoms with Crippen molar-refractivity contribution in [3.8, 4) is 0 Å². The molecule has 6 nitrogen and oxygen atoms in total. The Morgan fingerprint density at radius 2 is 2.21 bits per heavy atom. The lowest BCUT2D eigenvalue weighted by Crippen LogP contribution is -2.41. The fraction of sp³-hybridized carbons (Fsp3) is 0.500. The van der Waals surface area contributed by atoms with Gasteiger partial charge in [0.1, 0.15) is 6.54 Å². The van der Waals surface area contributed by atoms with Crippen LogP contribution in [0.2, 0.25) is 0 Å². The third kappa shape index (κ3) is 4.00. The second kappa shape index (κ2) is 7.57. The van der Waals surface area contributed by atoms with Crippen LogP contribution in [0.4, 0.5) is 0 Å². The number of carbonyl (C=O) groups excluding carboxylic acids is 1. The normalized spacial score (nSPS) is 18.6. The van der Waals surface area contributed by atoms with E-state index in [9.17, 15) is 9.59 Å². The van der Waals surface area contributed by atoms with Crippen LogP contribution in [-0.4, -0.2) is 46.5 Å². The number of fused-ring (bicyclic) bond motifs is 1. The van der Waals surface area contributed by atoms with Crippen LogP contribution in [0.25, 0.3) is 10.9 Å². The minimum atomic E-state index is -0.180. The number of carbonyl (C=O) groups is 1. The summed E-state index contributed by atoms with van der Waals surface area (Å²) in [6.45, 7) is 5.96. The summed E-state index contributed by atoms with van der Waals surface area (Å²) in [7, 11) is 0. The van der Waals surface area contributed by atoms with Gasteiger partial charge in [0.25, 0.3) is 5.56 Å². The van der Waals surface area contributed by atoms with Gasteiger partial charge in [-0.1, -0.05) is 19.1 Å². The fourth-order valence-corrected chi connectivity index (χ4v) is 3.27. The molecule has 0 saturated carbocycles. The third-order valence-corrected chi connectivity index (χ3v) is 4.54. The second-order valence-electron chi connectivity index (χ2n) is 6.59. The fourth-order valence-electron chi connectivity index (χ4n) is 3.27. The number of piperidine rings is 1. The summed E-state index contributed by atoms with van der Waals surface area (Å²) in [5.41, 5.74) is 0.471. The average molecular weight is 328 g/mol. The van der Waals surface area contributed by atoms with Gasteiger partial charge < -0.3 is 10.2 Å². The largest absolute Gasteiger partial charge is 0.353 e. The molecule has 1 aromatic heterocycles. The van der Waals surface area contributed by atoms with E-state index in [1.165, 1.54) is 23.7 Å². The highest BCUT2D eigenvalue weighted by molar-refractivity contribution is 5.78. The number of nitrogens with zero attached hydrogens (tertiary/aromatic N) is 3. The topological polar surface area (TPSA) is 67.2 Å². The Morgan fingerprint density at radius 1 is 1.38 bits per heavy atom. The lowest BCUT2D eigenvalue weighted by molar-refractivity contribution is -0.121. The van der Waals surface area contributed by atoms with Gasteiger partial charge >= 0.3 is 0 Å². The molecule has 1 atom stereocenters. The number of likely N-dealkylation sites (tertiary alicyclic amines) is 1. The zero-order chi connectivity index (χ0) is 16.9. The molecular formula is C18H24N4O2. The SMILES string of the molecule is CC1CCCN(CCNC(=O)Cn2cnc3ccccc3c2=O)C1. The Hall–Kier alpha value is -2.21. The first-order chi connectivity index (χ1) is 11.6. The molecule has 0 spiro atoms. The molecule has 0 aliphatic carbocycles. The summed E-state index contributed by atoms with van der Waals surface area (Å²) >= 11 is 0. The molecule has 1 fully saturated rings. The zero-order valence-corrected chi connectivity index (χ0v) is 14.1. The van der Waals surface area contributed by atoms with Crippen LogP contribution in [0.5, 0.6) is 0 Å². The van der Waals surface area contributed by atoms with Gasteiger partial charge in [0.15, 0.2) is 0 Å². The smallest absolute Gasteiger partial charge is 0.261 e. The number of rotatable bonds is 5. The molecule has 0 radical (unpaired) electrons. The molecule has 1 amide bonds. The predicted molar refractivity (Wildman–Crippen MR) is 93.9 cm³/mol. The Balaban J connectivity index is 1.53. The monoisotopic (exact) mass is 328 g/mol. The summed E-state index contributed by atoms with van der Waals surface area (Å²) in [5, 5.41) is 3.44. The molecule has 2 aromatic rings. The van der Waals surface area contributed by atoms with E-state index < -0.39 is 0 Å². The highest BCUT2D eigenvalue weighted by atomic mass is 16.2. The van der Waals surface area contributed by atoms with Crippen molar-refractivity contribution < 1.29 is 4.79 Å². The van der Waals surface area contributed by atoms with Crippen molar-refractivity contribution >= 4 is 16.8 Å². The van der Waals surface area contributed by atoms with E-state index in [1.54, 1.807) is 18.2 Å². The first-order valence-electron chi connectivity index (χ1n) is 8.57. The lowest BCUT2D eigenvalue weighted by atomic mass is 10.0. The van der Waals surface area contributed by atoms with Crippen molar-refractivity contribution in [2.24, 2.45) is 5.92 Å². The Bertz CT molecular complexity index is 771. The number of aromatic nitrogens is 2. The van der Waals surface area contributed by atoms with E-state index in [4.69, 9.17) is 0 Å². The second-order valence-corrected chi connectivity index (χ2v) is 6.59. The molecule has 6 heteroatoms. The van der Waals surface area contributed by atoms with Crippen molar-refractivity contribution in [3.63, 3.8) is 0 Å². The third-order valence-electron chi connectivity index (χ3n) is 4.54. The highest BCUT2D eigenvalue weighted by Crippen LogP contribution is 2.14. The van der Waals surface area contributed by atoms with Crippen LogP contribution in [0.3, 0.4) is 0 Å². The van der Waals surface area contributed by atoms with Crippen LogP contribution >= 0.6 is 0 Å². The molecule has 1 unspecified atom stereocenters. The van der Waals surface area contributed by atoms with Gasteiger partial charge in [-0.2, -0.15) is 0 Å². The predicted octanol–water partition coefficient (Wildman–Crippen LogP) is 1.24. The molecule has 1 aliphatic rings. The molecule has 1 aliphatic heterocycles. The molecule has 24 heavy (non-hydrogen) atoms. The van der Waals surface area contributed by atoms with Crippen molar-refractivity contribution in [1.82, 2.24) is 19.8 Å². The standard InChI is InChI=1S/C18H24N4O2/c1-14-5-4-9-21(11-14)10-8-19-17(23)12-22-13-20-16-7-3-2-6-15(16)18(22)24/h2-3,6-7,13-14H,4-5,8-12H2,1H3,(H,19,23). The number of amides is 1. The number of hydrogen-bond acceptors (Lipinski definition) is 4. The van der Waals surface area contributed by atoms with Gasteiger partial charge in [0, 0.05) is 19.6 Å². The molecule has 0 bridgehead atoms. The molecule has 3 rings (SSSR count). The molecule has 1 aromatic carbocycles. The van der Waals surface area contributed by atoms with Crippen LogP contribution in [0, 0.1) is 5.92 Å².